The summed E-state index contributed by atoms with van der Waals surface area (Å²) in [6, 6.07) is 2.65. The summed E-state index contributed by atoms with van der Waals surface area (Å²) in [5.74, 6) is 0.0127. The molecule has 0 aromatic carbocycles. The zero-order chi connectivity index (χ0) is 8.55. The number of anilines is 1. The predicted molar refractivity (Wildman–Crippen MR) is 40.9 cm³/mol. The Kier molecular flexibility index (Phi) is 1.36. The highest BCUT2D eigenvalue weighted by molar-refractivity contribution is 5.99. The maximum absolute atomic E-state index is 11.1. The molecule has 1 amide bonds. The van der Waals surface area contributed by atoms with Crippen molar-refractivity contribution in [1.29, 1.82) is 0 Å². The Balaban J connectivity index is 2.60. The van der Waals surface area contributed by atoms with Gasteiger partial charge in [0.1, 0.15) is 0 Å². The van der Waals surface area contributed by atoms with Gasteiger partial charge < -0.3 is 15.1 Å². The molecule has 0 saturated heterocycles. The lowest BCUT2D eigenvalue weighted by Gasteiger charge is -2.15. The van der Waals surface area contributed by atoms with Crippen molar-refractivity contribution >= 4 is 11.8 Å². The van der Waals surface area contributed by atoms with Gasteiger partial charge in [-0.25, -0.2) is 4.79 Å². The van der Waals surface area contributed by atoms with E-state index in [1.165, 1.54) is 12.1 Å². The second-order valence-electron chi connectivity index (χ2n) is 2.36. The third-order valence-electron chi connectivity index (χ3n) is 1.58. The summed E-state index contributed by atoms with van der Waals surface area (Å²) < 4.78 is 4.74. The van der Waals surface area contributed by atoms with Crippen LogP contribution in [-0.2, 0) is 0 Å². The van der Waals surface area contributed by atoms with E-state index < -0.39 is 5.63 Å². The third-order valence-corrected chi connectivity index (χ3v) is 1.58. The molecule has 0 spiro atoms. The van der Waals surface area contributed by atoms with Crippen molar-refractivity contribution in [1.82, 2.24) is 5.32 Å². The van der Waals surface area contributed by atoms with Crippen LogP contribution in [0.2, 0.25) is 0 Å². The molecule has 12 heavy (non-hydrogen) atoms. The van der Waals surface area contributed by atoms with Crippen LogP contribution in [-0.4, -0.2) is 12.6 Å². The standard InChI is InChI=1S/C7H6N2O3/c10-5-2-1-4-6(11)8-3-9-7(4)12-5/h1-2,9H,3H2,(H,8,11). The van der Waals surface area contributed by atoms with Crippen molar-refractivity contribution < 1.29 is 9.21 Å². The van der Waals surface area contributed by atoms with E-state index in [1.54, 1.807) is 0 Å². The maximum atomic E-state index is 11.1. The van der Waals surface area contributed by atoms with Crippen molar-refractivity contribution in [3.05, 3.63) is 28.1 Å². The summed E-state index contributed by atoms with van der Waals surface area (Å²) >= 11 is 0. The van der Waals surface area contributed by atoms with E-state index in [0.717, 1.165) is 0 Å². The molecular formula is C7H6N2O3. The highest BCUT2D eigenvalue weighted by atomic mass is 16.4. The van der Waals surface area contributed by atoms with Gasteiger partial charge in [0.05, 0.1) is 12.2 Å². The molecule has 2 N–H and O–H groups in total. The lowest BCUT2D eigenvalue weighted by Crippen LogP contribution is -2.35. The first-order chi connectivity index (χ1) is 5.77. The molecule has 2 heterocycles. The molecule has 1 aromatic heterocycles. The first-order valence-electron chi connectivity index (χ1n) is 3.43. The molecule has 1 aromatic rings. The summed E-state index contributed by atoms with van der Waals surface area (Å²) in [4.78, 5) is 21.8. The maximum Gasteiger partial charge on any atom is 0.337 e. The Morgan fingerprint density at radius 3 is 2.92 bits per heavy atom. The molecule has 0 unspecified atom stereocenters. The van der Waals surface area contributed by atoms with Gasteiger partial charge >= 0.3 is 5.63 Å². The molecule has 1 aliphatic heterocycles. The molecule has 0 aliphatic carbocycles. The van der Waals surface area contributed by atoms with Crippen LogP contribution >= 0.6 is 0 Å². The van der Waals surface area contributed by atoms with Gasteiger partial charge in [-0.1, -0.05) is 0 Å². The number of hydrogen-bond acceptors (Lipinski definition) is 4. The van der Waals surface area contributed by atoms with Gasteiger partial charge in [-0.2, -0.15) is 0 Å². The monoisotopic (exact) mass is 166 g/mol. The van der Waals surface area contributed by atoms with E-state index in [9.17, 15) is 9.59 Å². The number of carbonyl (C=O) groups excluding carboxylic acids is 1. The molecule has 5 nitrogen and oxygen atoms in total. The first kappa shape index (κ1) is 6.90. The van der Waals surface area contributed by atoms with Crippen LogP contribution in [0.5, 0.6) is 0 Å². The van der Waals surface area contributed by atoms with Crippen LogP contribution in [0.15, 0.2) is 21.3 Å². The zero-order valence-electron chi connectivity index (χ0n) is 6.09. The van der Waals surface area contributed by atoms with Crippen LogP contribution in [0.1, 0.15) is 10.4 Å². The van der Waals surface area contributed by atoms with Gasteiger partial charge in [0.25, 0.3) is 5.91 Å². The summed E-state index contributed by atoms with van der Waals surface area (Å²) in [5, 5.41) is 5.28. The summed E-state index contributed by atoms with van der Waals surface area (Å²) in [7, 11) is 0. The number of amides is 1. The van der Waals surface area contributed by atoms with Gasteiger partial charge in [-0.15, -0.1) is 0 Å². The van der Waals surface area contributed by atoms with Crippen LogP contribution in [0.3, 0.4) is 0 Å². The second kappa shape index (κ2) is 2.37. The molecule has 0 fully saturated rings. The zero-order valence-corrected chi connectivity index (χ0v) is 6.09. The van der Waals surface area contributed by atoms with E-state index in [-0.39, 0.29) is 11.8 Å². The predicted octanol–water partition coefficient (Wildman–Crippen LogP) is -0.247. The molecule has 0 saturated carbocycles. The van der Waals surface area contributed by atoms with Crippen LogP contribution < -0.4 is 16.3 Å². The Morgan fingerprint density at radius 1 is 1.25 bits per heavy atom. The fourth-order valence-electron chi connectivity index (χ4n) is 1.03. The number of fused-ring (bicyclic) bond motifs is 1. The summed E-state index contributed by atoms with van der Waals surface area (Å²) in [6.07, 6.45) is 0. The normalized spacial score (nSPS) is 14.5. The Labute approximate surface area is 67.4 Å². The van der Waals surface area contributed by atoms with Crippen LogP contribution in [0, 0.1) is 0 Å². The minimum absolute atomic E-state index is 0.229. The Hall–Kier alpha value is -1.78. The van der Waals surface area contributed by atoms with Crippen molar-refractivity contribution in [2.45, 2.75) is 0 Å². The Morgan fingerprint density at radius 2 is 2.08 bits per heavy atom. The molecular weight excluding hydrogens is 160 g/mol. The summed E-state index contributed by atoms with van der Waals surface area (Å²) in [5.41, 5.74) is -0.100. The SMILES string of the molecule is O=C1NCNc2oc(=O)ccc21. The first-order valence-corrected chi connectivity index (χ1v) is 3.43. The van der Waals surface area contributed by atoms with Crippen molar-refractivity contribution in [2.24, 2.45) is 0 Å². The van der Waals surface area contributed by atoms with Gasteiger partial charge in [0.15, 0.2) is 0 Å². The number of rotatable bonds is 0. The lowest BCUT2D eigenvalue weighted by atomic mass is 10.2. The van der Waals surface area contributed by atoms with E-state index in [1.807, 2.05) is 0 Å². The molecule has 5 heteroatoms. The largest absolute Gasteiger partial charge is 0.406 e. The molecule has 1 aliphatic rings. The average molecular weight is 166 g/mol. The topological polar surface area (TPSA) is 71.3 Å². The highest BCUT2D eigenvalue weighted by Crippen LogP contribution is 2.14. The average Bonchev–Trinajstić information content (AvgIpc) is 2.04. The van der Waals surface area contributed by atoms with Crippen LogP contribution in [0.4, 0.5) is 5.88 Å². The smallest absolute Gasteiger partial charge is 0.337 e. The second-order valence-corrected chi connectivity index (χ2v) is 2.36. The quantitative estimate of drug-likeness (QED) is 0.557. The molecule has 0 radical (unpaired) electrons. The minimum Gasteiger partial charge on any atom is -0.406 e. The fourth-order valence-corrected chi connectivity index (χ4v) is 1.03. The molecule has 2 rings (SSSR count). The van der Waals surface area contributed by atoms with E-state index in [0.29, 0.717) is 12.2 Å². The van der Waals surface area contributed by atoms with Gasteiger partial charge in [0, 0.05) is 6.07 Å². The highest BCUT2D eigenvalue weighted by Gasteiger charge is 2.17. The van der Waals surface area contributed by atoms with Crippen molar-refractivity contribution in [3.8, 4) is 0 Å². The number of carbonyl (C=O) groups is 1. The fraction of sp³-hybridized carbons (Fsp3) is 0.143. The van der Waals surface area contributed by atoms with E-state index in [4.69, 9.17) is 4.42 Å². The van der Waals surface area contributed by atoms with Gasteiger partial charge in [-0.3, -0.25) is 4.79 Å². The minimum atomic E-state index is -0.462. The molecule has 0 atom stereocenters. The number of hydrogen-bond donors (Lipinski definition) is 2. The Bertz CT molecular complexity index is 382. The van der Waals surface area contributed by atoms with Gasteiger partial charge in [-0.05, 0) is 6.07 Å². The lowest BCUT2D eigenvalue weighted by molar-refractivity contribution is 0.0949. The van der Waals surface area contributed by atoms with Gasteiger partial charge in [0.2, 0.25) is 5.88 Å². The van der Waals surface area contributed by atoms with E-state index in [2.05, 4.69) is 10.6 Å². The number of nitrogens with one attached hydrogen (secondary N) is 2. The third kappa shape index (κ3) is 0.952. The van der Waals surface area contributed by atoms with Crippen molar-refractivity contribution in [3.63, 3.8) is 0 Å². The molecule has 62 valence electrons. The summed E-state index contributed by atoms with van der Waals surface area (Å²) in [6.45, 7) is 0.290. The van der Waals surface area contributed by atoms with Crippen LogP contribution in [0.25, 0.3) is 0 Å². The molecule has 0 bridgehead atoms. The van der Waals surface area contributed by atoms with E-state index >= 15 is 0 Å². The van der Waals surface area contributed by atoms with Crippen molar-refractivity contribution in [2.75, 3.05) is 12.0 Å².